The summed E-state index contributed by atoms with van der Waals surface area (Å²) < 4.78 is 0. The van der Waals surface area contributed by atoms with E-state index in [0.717, 1.165) is 25.9 Å². The highest BCUT2D eigenvalue weighted by Gasteiger charge is 2.47. The van der Waals surface area contributed by atoms with Gasteiger partial charge in [0.15, 0.2) is 0 Å². The van der Waals surface area contributed by atoms with Gasteiger partial charge in [0.2, 0.25) is 0 Å². The van der Waals surface area contributed by atoms with E-state index in [1.165, 1.54) is 18.4 Å². The second-order valence-electron chi connectivity index (χ2n) is 6.73. The minimum atomic E-state index is -0.614. The van der Waals surface area contributed by atoms with Gasteiger partial charge in [0, 0.05) is 6.54 Å². The lowest BCUT2D eigenvalue weighted by molar-refractivity contribution is -0.143. The topological polar surface area (TPSA) is 40.5 Å². The van der Waals surface area contributed by atoms with Crippen molar-refractivity contribution < 1.29 is 9.90 Å². The molecule has 0 amide bonds. The van der Waals surface area contributed by atoms with E-state index < -0.39 is 5.97 Å². The third-order valence-corrected chi connectivity index (χ3v) is 5.46. The van der Waals surface area contributed by atoms with Crippen LogP contribution in [-0.2, 0) is 4.79 Å². The maximum absolute atomic E-state index is 11.6. The molecular formula is C18H25NO2. The van der Waals surface area contributed by atoms with Gasteiger partial charge in [0.25, 0.3) is 0 Å². The highest BCUT2D eigenvalue weighted by atomic mass is 16.4. The Morgan fingerprint density at radius 3 is 2.81 bits per heavy atom. The average molecular weight is 287 g/mol. The SMILES string of the molecule is CC(CCN1CC2CCCC2C1C(=O)O)c1ccccc1. The summed E-state index contributed by atoms with van der Waals surface area (Å²) >= 11 is 0. The Kier molecular flexibility index (Phi) is 4.29. The van der Waals surface area contributed by atoms with Gasteiger partial charge in [-0.2, -0.15) is 0 Å². The number of carbonyl (C=O) groups is 1. The Hall–Kier alpha value is -1.35. The van der Waals surface area contributed by atoms with Crippen molar-refractivity contribution in [1.82, 2.24) is 4.90 Å². The molecule has 1 aromatic rings. The van der Waals surface area contributed by atoms with Crippen molar-refractivity contribution in [3.63, 3.8) is 0 Å². The van der Waals surface area contributed by atoms with Gasteiger partial charge in [-0.3, -0.25) is 9.69 Å². The largest absolute Gasteiger partial charge is 0.480 e. The van der Waals surface area contributed by atoms with Gasteiger partial charge >= 0.3 is 5.97 Å². The molecule has 1 aliphatic heterocycles. The maximum Gasteiger partial charge on any atom is 0.321 e. The predicted molar refractivity (Wildman–Crippen MR) is 83.3 cm³/mol. The Balaban J connectivity index is 1.61. The molecule has 0 spiro atoms. The van der Waals surface area contributed by atoms with Crippen LogP contribution in [0.5, 0.6) is 0 Å². The summed E-state index contributed by atoms with van der Waals surface area (Å²) in [5, 5.41) is 9.57. The van der Waals surface area contributed by atoms with Gasteiger partial charge < -0.3 is 5.11 Å². The molecule has 21 heavy (non-hydrogen) atoms. The Morgan fingerprint density at radius 1 is 1.33 bits per heavy atom. The monoisotopic (exact) mass is 287 g/mol. The van der Waals surface area contributed by atoms with Gasteiger partial charge in [0.05, 0.1) is 0 Å². The number of aliphatic carboxylic acids is 1. The van der Waals surface area contributed by atoms with E-state index in [9.17, 15) is 9.90 Å². The number of fused-ring (bicyclic) bond motifs is 1. The zero-order valence-corrected chi connectivity index (χ0v) is 12.7. The van der Waals surface area contributed by atoms with E-state index in [1.807, 2.05) is 6.07 Å². The van der Waals surface area contributed by atoms with Crippen molar-refractivity contribution in [2.45, 2.75) is 44.6 Å². The van der Waals surface area contributed by atoms with Crippen LogP contribution in [0.2, 0.25) is 0 Å². The summed E-state index contributed by atoms with van der Waals surface area (Å²) in [5.41, 5.74) is 1.35. The lowest BCUT2D eigenvalue weighted by Gasteiger charge is -2.25. The van der Waals surface area contributed by atoms with Crippen LogP contribution in [0.1, 0.15) is 44.1 Å². The molecule has 2 aliphatic rings. The van der Waals surface area contributed by atoms with Gasteiger partial charge in [-0.15, -0.1) is 0 Å². The van der Waals surface area contributed by atoms with E-state index >= 15 is 0 Å². The van der Waals surface area contributed by atoms with Crippen molar-refractivity contribution in [3.05, 3.63) is 35.9 Å². The third kappa shape index (κ3) is 2.98. The normalized spacial score (nSPS) is 30.2. The van der Waals surface area contributed by atoms with E-state index in [2.05, 4.69) is 36.1 Å². The Bertz CT molecular complexity index is 487. The molecule has 1 aromatic carbocycles. The first-order valence-corrected chi connectivity index (χ1v) is 8.18. The number of likely N-dealkylation sites (tertiary alicyclic amines) is 1. The average Bonchev–Trinajstić information content (AvgIpc) is 3.05. The Morgan fingerprint density at radius 2 is 2.10 bits per heavy atom. The minimum Gasteiger partial charge on any atom is -0.480 e. The van der Waals surface area contributed by atoms with Gasteiger partial charge in [-0.1, -0.05) is 43.7 Å². The summed E-state index contributed by atoms with van der Waals surface area (Å²) in [5.74, 6) is 0.894. The zero-order valence-electron chi connectivity index (χ0n) is 12.7. The van der Waals surface area contributed by atoms with Crippen LogP contribution in [0, 0.1) is 11.8 Å². The first-order chi connectivity index (χ1) is 10.2. The lowest BCUT2D eigenvalue weighted by atomic mass is 9.94. The third-order valence-electron chi connectivity index (χ3n) is 5.46. The molecule has 1 saturated heterocycles. The molecular weight excluding hydrogens is 262 g/mol. The molecule has 1 saturated carbocycles. The molecule has 4 unspecified atom stereocenters. The highest BCUT2D eigenvalue weighted by molar-refractivity contribution is 5.74. The lowest BCUT2D eigenvalue weighted by Crippen LogP contribution is -2.40. The van der Waals surface area contributed by atoms with Crippen LogP contribution in [0.25, 0.3) is 0 Å². The molecule has 0 aromatic heterocycles. The van der Waals surface area contributed by atoms with Crippen molar-refractivity contribution in [1.29, 1.82) is 0 Å². The number of carboxylic acid groups (broad SMARTS) is 1. The maximum atomic E-state index is 11.6. The van der Waals surface area contributed by atoms with Crippen LogP contribution in [0.15, 0.2) is 30.3 Å². The summed E-state index contributed by atoms with van der Waals surface area (Å²) in [7, 11) is 0. The minimum absolute atomic E-state index is 0.236. The fourth-order valence-electron chi connectivity index (χ4n) is 4.27. The first-order valence-electron chi connectivity index (χ1n) is 8.18. The van der Waals surface area contributed by atoms with Gasteiger partial charge in [-0.25, -0.2) is 0 Å². The van der Waals surface area contributed by atoms with E-state index in [4.69, 9.17) is 0 Å². The first kappa shape index (κ1) is 14.6. The van der Waals surface area contributed by atoms with Crippen molar-refractivity contribution in [2.24, 2.45) is 11.8 Å². The van der Waals surface area contributed by atoms with E-state index in [-0.39, 0.29) is 6.04 Å². The Labute approximate surface area is 127 Å². The van der Waals surface area contributed by atoms with Crippen LogP contribution in [-0.4, -0.2) is 35.1 Å². The number of benzene rings is 1. The predicted octanol–water partition coefficient (Wildman–Crippen LogP) is 3.37. The molecule has 114 valence electrons. The number of hydrogen-bond donors (Lipinski definition) is 1. The van der Waals surface area contributed by atoms with Crippen molar-refractivity contribution in [2.75, 3.05) is 13.1 Å². The number of rotatable bonds is 5. The smallest absolute Gasteiger partial charge is 0.321 e. The molecule has 3 nitrogen and oxygen atoms in total. The van der Waals surface area contributed by atoms with Gasteiger partial charge in [-0.05, 0) is 49.1 Å². The van der Waals surface area contributed by atoms with Crippen LogP contribution in [0.4, 0.5) is 0 Å². The van der Waals surface area contributed by atoms with Crippen molar-refractivity contribution in [3.8, 4) is 0 Å². The highest BCUT2D eigenvalue weighted by Crippen LogP contribution is 2.42. The fraction of sp³-hybridized carbons (Fsp3) is 0.611. The number of nitrogens with zero attached hydrogens (tertiary/aromatic N) is 1. The molecule has 4 atom stereocenters. The number of hydrogen-bond acceptors (Lipinski definition) is 2. The van der Waals surface area contributed by atoms with Crippen molar-refractivity contribution >= 4 is 5.97 Å². The summed E-state index contributed by atoms with van der Waals surface area (Å²) in [6.45, 7) is 4.13. The standard InChI is InChI=1S/C18H25NO2/c1-13(14-6-3-2-4-7-14)10-11-19-12-15-8-5-9-16(15)17(19)18(20)21/h2-4,6-7,13,15-17H,5,8-12H2,1H3,(H,20,21). The molecule has 1 heterocycles. The van der Waals surface area contributed by atoms with E-state index in [0.29, 0.717) is 17.8 Å². The van der Waals surface area contributed by atoms with E-state index in [1.54, 1.807) is 0 Å². The summed E-state index contributed by atoms with van der Waals surface area (Å²) in [6.07, 6.45) is 4.58. The molecule has 1 aliphatic carbocycles. The molecule has 0 radical (unpaired) electrons. The molecule has 2 fully saturated rings. The van der Waals surface area contributed by atoms with Crippen LogP contribution < -0.4 is 0 Å². The second-order valence-corrected chi connectivity index (χ2v) is 6.73. The summed E-state index contributed by atoms with van der Waals surface area (Å²) in [6, 6.07) is 10.3. The summed E-state index contributed by atoms with van der Waals surface area (Å²) in [4.78, 5) is 13.9. The fourth-order valence-corrected chi connectivity index (χ4v) is 4.27. The molecule has 3 rings (SSSR count). The molecule has 1 N–H and O–H groups in total. The second kappa shape index (κ2) is 6.18. The molecule has 3 heteroatoms. The quantitative estimate of drug-likeness (QED) is 0.902. The van der Waals surface area contributed by atoms with Gasteiger partial charge in [0.1, 0.15) is 6.04 Å². The molecule has 0 bridgehead atoms. The van der Waals surface area contributed by atoms with Crippen LogP contribution in [0.3, 0.4) is 0 Å². The van der Waals surface area contributed by atoms with Crippen LogP contribution >= 0.6 is 0 Å². The zero-order chi connectivity index (χ0) is 14.8. The number of carboxylic acids is 1.